The van der Waals surface area contributed by atoms with Gasteiger partial charge in [0.05, 0.1) is 0 Å². The first-order valence-electron chi connectivity index (χ1n) is 2.41. The fourth-order valence-electron chi connectivity index (χ4n) is 0.769. The zero-order chi connectivity index (χ0) is 4.41. The molecule has 1 fully saturated rings. The maximum Gasteiger partial charge on any atom is 0.132 e. The van der Waals surface area contributed by atoms with Gasteiger partial charge in [-0.25, -0.2) is 0 Å². The van der Waals surface area contributed by atoms with Crippen LogP contribution in [0.1, 0.15) is 25.7 Å². The van der Waals surface area contributed by atoms with Crippen LogP contribution < -0.4 is 0 Å². The smallest absolute Gasteiger partial charge is 0.132 e. The number of ketones is 1. The highest BCUT2D eigenvalue weighted by molar-refractivity contribution is 5.79. The third-order valence-electron chi connectivity index (χ3n) is 1.16. The largest absolute Gasteiger partial charge is 0.300 e. The molecule has 0 atom stereocenters. The Hall–Kier alpha value is -0.330. The Morgan fingerprint density at radius 1 is 1.17 bits per heavy atom. The Labute approximate surface area is 37.4 Å². The first-order chi connectivity index (χ1) is 2.89. The van der Waals surface area contributed by atoms with E-state index in [0.29, 0.717) is 5.78 Å². The van der Waals surface area contributed by atoms with Gasteiger partial charge in [0.2, 0.25) is 0 Å². The Balaban J connectivity index is 2.37. The molecule has 1 heteroatoms. The first-order valence-corrected chi connectivity index (χ1v) is 2.41. The minimum absolute atomic E-state index is 0.454. The lowest BCUT2D eigenvalue weighted by atomic mass is 10.4. The van der Waals surface area contributed by atoms with Crippen LogP contribution in [0.5, 0.6) is 0 Å². The van der Waals surface area contributed by atoms with Gasteiger partial charge in [0, 0.05) is 12.8 Å². The van der Waals surface area contributed by atoms with E-state index in [4.69, 9.17) is 0 Å². The summed E-state index contributed by atoms with van der Waals surface area (Å²) in [6.07, 6.45) is 3.97. The van der Waals surface area contributed by atoms with Gasteiger partial charge in [-0.05, 0) is 12.8 Å². The molecule has 1 saturated carbocycles. The van der Waals surface area contributed by atoms with Crippen molar-refractivity contribution in [1.29, 1.82) is 0 Å². The molecular weight excluding hydrogens is 77.1 g/mol. The van der Waals surface area contributed by atoms with Gasteiger partial charge in [0.25, 0.3) is 0 Å². The lowest BCUT2D eigenvalue weighted by Gasteiger charge is -1.71. The molecule has 0 radical (unpaired) electrons. The van der Waals surface area contributed by atoms with E-state index in [-0.39, 0.29) is 0 Å². The molecule has 1 nitrogen and oxygen atoms in total. The highest BCUT2D eigenvalue weighted by atomic mass is 17.1. The molecule has 1 aliphatic rings. The minimum atomic E-state index is 0.454. The topological polar surface area (TPSA) is 17.1 Å². The van der Waals surface area contributed by atoms with Crippen molar-refractivity contribution in [3.63, 3.8) is 0 Å². The summed E-state index contributed by atoms with van der Waals surface area (Å²) < 4.78 is 0. The van der Waals surface area contributed by atoms with Crippen molar-refractivity contribution >= 4 is 5.78 Å². The van der Waals surface area contributed by atoms with Crippen LogP contribution in [-0.4, -0.2) is 5.78 Å². The van der Waals surface area contributed by atoms with Crippen LogP contribution in [0.25, 0.3) is 0 Å². The molecule has 0 unspecified atom stereocenters. The molecule has 0 aromatic carbocycles. The van der Waals surface area contributed by atoms with Crippen molar-refractivity contribution in [2.24, 2.45) is 0 Å². The average molecular weight is 85.1 g/mol. The van der Waals surface area contributed by atoms with Crippen LogP contribution in [0.2, 0.25) is 0 Å². The van der Waals surface area contributed by atoms with Crippen LogP contribution in [0, 0.1) is 0 Å². The molecule has 1 aliphatic carbocycles. The van der Waals surface area contributed by atoms with E-state index in [0.717, 1.165) is 25.7 Å². The molecule has 0 N–H and O–H groups in total. The molecule has 0 spiro atoms. The number of rotatable bonds is 0. The first kappa shape index (κ1) is 3.85. The van der Waals surface area contributed by atoms with Gasteiger partial charge < -0.3 is 0 Å². The van der Waals surface area contributed by atoms with Gasteiger partial charge in [-0.15, -0.1) is 0 Å². The van der Waals surface area contributed by atoms with Crippen LogP contribution >= 0.6 is 0 Å². The Morgan fingerprint density at radius 3 is 1.83 bits per heavy atom. The highest BCUT2D eigenvalue weighted by Crippen LogP contribution is 2.11. The van der Waals surface area contributed by atoms with Crippen molar-refractivity contribution in [3.8, 4) is 0 Å². The number of hydrogen-bond acceptors (Lipinski definition) is 1. The second-order valence-corrected chi connectivity index (χ2v) is 1.75. The van der Waals surface area contributed by atoms with Gasteiger partial charge in [-0.2, -0.15) is 0 Å². The van der Waals surface area contributed by atoms with E-state index in [1.165, 1.54) is 0 Å². The summed E-state index contributed by atoms with van der Waals surface area (Å²) in [7, 11) is 0. The van der Waals surface area contributed by atoms with Crippen molar-refractivity contribution in [3.05, 3.63) is 0 Å². The van der Waals surface area contributed by atoms with Gasteiger partial charge in [-0.1, -0.05) is 0 Å². The fourth-order valence-corrected chi connectivity index (χ4v) is 0.769. The van der Waals surface area contributed by atoms with Crippen molar-refractivity contribution < 1.29 is 4.79 Å². The van der Waals surface area contributed by atoms with E-state index in [1.54, 1.807) is 0 Å². The predicted octanol–water partition coefficient (Wildman–Crippen LogP) is 1.13. The molecule has 0 aliphatic heterocycles. The molecule has 0 aromatic rings. The van der Waals surface area contributed by atoms with E-state index in [1.807, 2.05) is 0 Å². The zero-order valence-corrected chi connectivity index (χ0v) is 3.74. The van der Waals surface area contributed by atoms with Gasteiger partial charge in [0.15, 0.2) is 0 Å². The summed E-state index contributed by atoms with van der Waals surface area (Å²) in [5, 5.41) is 0. The van der Waals surface area contributed by atoms with Gasteiger partial charge in [-0.3, -0.25) is 4.79 Å². The second kappa shape index (κ2) is 1.41. The van der Waals surface area contributed by atoms with E-state index >= 15 is 0 Å². The molecular formula is C5H8O. The Bertz CT molecular complexity index is 58.3. The SMILES string of the molecule is [17O]=C1CCCC1. The Morgan fingerprint density at radius 2 is 1.67 bits per heavy atom. The average Bonchev–Trinajstić information content (AvgIpc) is 1.86. The fraction of sp³-hybridized carbons (Fsp3) is 0.800. The van der Waals surface area contributed by atoms with E-state index in [2.05, 4.69) is 0 Å². The molecule has 0 saturated heterocycles. The monoisotopic (exact) mass is 85.1 g/mol. The number of Topliss-reactive ketones (excluding diaryl/α,β-unsaturated/α-hetero) is 1. The summed E-state index contributed by atoms with van der Waals surface area (Å²) in [6.45, 7) is 0. The predicted molar refractivity (Wildman–Crippen MR) is 23.5 cm³/mol. The molecule has 0 aromatic heterocycles. The zero-order valence-electron chi connectivity index (χ0n) is 3.74. The highest BCUT2D eigenvalue weighted by Gasteiger charge is 2.07. The quantitative estimate of drug-likeness (QED) is 0.431. The van der Waals surface area contributed by atoms with Crippen molar-refractivity contribution in [2.45, 2.75) is 25.7 Å². The Kier molecular flexibility index (Phi) is 0.906. The lowest BCUT2D eigenvalue weighted by molar-refractivity contribution is -0.117. The summed E-state index contributed by atoms with van der Waals surface area (Å²) >= 11 is 0. The third-order valence-corrected chi connectivity index (χ3v) is 1.16. The summed E-state index contributed by atoms with van der Waals surface area (Å²) in [5.74, 6) is 0.454. The van der Waals surface area contributed by atoms with E-state index < -0.39 is 0 Å². The van der Waals surface area contributed by atoms with Crippen LogP contribution in [0.15, 0.2) is 0 Å². The standard InChI is InChI=1S/C5H8O/c6-5-3-1-2-4-5/h1-4H2/i6+1. The molecule has 0 heterocycles. The second-order valence-electron chi connectivity index (χ2n) is 1.75. The summed E-state index contributed by atoms with van der Waals surface area (Å²) in [5.41, 5.74) is 0. The van der Waals surface area contributed by atoms with Gasteiger partial charge >= 0.3 is 0 Å². The molecule has 0 bridgehead atoms. The van der Waals surface area contributed by atoms with Gasteiger partial charge in [0.1, 0.15) is 5.78 Å². The lowest BCUT2D eigenvalue weighted by Crippen LogP contribution is -1.81. The van der Waals surface area contributed by atoms with Crippen molar-refractivity contribution in [1.82, 2.24) is 0 Å². The number of hydrogen-bond donors (Lipinski definition) is 0. The van der Waals surface area contributed by atoms with Crippen LogP contribution in [-0.2, 0) is 4.79 Å². The maximum atomic E-state index is 10.2. The third kappa shape index (κ3) is 0.588. The van der Waals surface area contributed by atoms with E-state index in [9.17, 15) is 4.79 Å². The maximum absolute atomic E-state index is 10.2. The molecule has 6 heavy (non-hydrogen) atoms. The van der Waals surface area contributed by atoms with Crippen LogP contribution in [0.3, 0.4) is 0 Å². The molecule has 0 amide bonds. The van der Waals surface area contributed by atoms with Crippen LogP contribution in [0.4, 0.5) is 0 Å². The summed E-state index contributed by atoms with van der Waals surface area (Å²) in [6, 6.07) is 0. The molecule has 34 valence electrons. The number of carbonyl (C=O) groups is 1. The normalized spacial score (nSPS) is 22.3. The number of carbonyl (C=O) groups excluding carboxylic acids is 1. The summed E-state index contributed by atoms with van der Waals surface area (Å²) in [4.78, 5) is 10.2. The van der Waals surface area contributed by atoms with Crippen molar-refractivity contribution in [2.75, 3.05) is 0 Å². The molecule has 1 rings (SSSR count). The minimum Gasteiger partial charge on any atom is -0.300 e.